The van der Waals surface area contributed by atoms with E-state index in [4.69, 9.17) is 16.2 Å². The van der Waals surface area contributed by atoms with Crippen molar-refractivity contribution < 1.29 is 4.74 Å². The number of hydrogen-bond acceptors (Lipinski definition) is 3. The Balaban J connectivity index is 2.57. The number of methoxy groups -OCH3 is 1. The molecule has 1 atom stereocenters. The van der Waals surface area contributed by atoms with Gasteiger partial charge in [-0.2, -0.15) is 0 Å². The standard InChI is InChI=1S/C11H18N2O/c1-14-10-6-4-9(5-7-10)11(13)3-2-8-12/h4-7,11H,2-3,8,12-13H2,1H3/t11-/m0/s1. The lowest BCUT2D eigenvalue weighted by atomic mass is 10.0. The van der Waals surface area contributed by atoms with Crippen LogP contribution in [0.5, 0.6) is 5.75 Å². The molecule has 0 bridgehead atoms. The van der Waals surface area contributed by atoms with E-state index in [0.717, 1.165) is 24.2 Å². The largest absolute Gasteiger partial charge is 0.497 e. The van der Waals surface area contributed by atoms with Gasteiger partial charge in [-0.05, 0) is 37.1 Å². The Morgan fingerprint density at radius 3 is 2.43 bits per heavy atom. The fraction of sp³-hybridized carbons (Fsp3) is 0.455. The molecule has 3 heteroatoms. The van der Waals surface area contributed by atoms with Crippen LogP contribution in [0.3, 0.4) is 0 Å². The third-order valence-corrected chi connectivity index (χ3v) is 2.26. The molecule has 1 rings (SSSR count). The molecule has 0 saturated carbocycles. The lowest BCUT2D eigenvalue weighted by Crippen LogP contribution is -2.12. The fourth-order valence-corrected chi connectivity index (χ4v) is 1.36. The normalized spacial score (nSPS) is 12.5. The predicted octanol–water partition coefficient (Wildman–Crippen LogP) is 1.43. The zero-order valence-corrected chi connectivity index (χ0v) is 8.57. The highest BCUT2D eigenvalue weighted by Crippen LogP contribution is 2.18. The van der Waals surface area contributed by atoms with E-state index in [2.05, 4.69) is 0 Å². The van der Waals surface area contributed by atoms with Gasteiger partial charge in [0.15, 0.2) is 0 Å². The summed E-state index contributed by atoms with van der Waals surface area (Å²) in [6.07, 6.45) is 1.90. The molecule has 14 heavy (non-hydrogen) atoms. The average molecular weight is 194 g/mol. The van der Waals surface area contributed by atoms with Gasteiger partial charge in [0.2, 0.25) is 0 Å². The summed E-state index contributed by atoms with van der Waals surface area (Å²) in [6.45, 7) is 0.698. The predicted molar refractivity (Wildman–Crippen MR) is 58.2 cm³/mol. The summed E-state index contributed by atoms with van der Waals surface area (Å²) >= 11 is 0. The van der Waals surface area contributed by atoms with Crippen molar-refractivity contribution in [1.29, 1.82) is 0 Å². The van der Waals surface area contributed by atoms with E-state index in [-0.39, 0.29) is 6.04 Å². The minimum atomic E-state index is 0.0875. The molecule has 0 fully saturated rings. The Kier molecular flexibility index (Phi) is 4.43. The number of hydrogen-bond donors (Lipinski definition) is 2. The molecule has 0 spiro atoms. The molecule has 0 aromatic heterocycles. The van der Waals surface area contributed by atoms with E-state index in [1.807, 2.05) is 24.3 Å². The van der Waals surface area contributed by atoms with E-state index >= 15 is 0 Å². The summed E-state index contributed by atoms with van der Waals surface area (Å²) in [5, 5.41) is 0. The maximum atomic E-state index is 5.98. The molecule has 0 radical (unpaired) electrons. The molecule has 0 amide bonds. The Labute approximate surface area is 85.0 Å². The van der Waals surface area contributed by atoms with Crippen LogP contribution >= 0.6 is 0 Å². The van der Waals surface area contributed by atoms with Crippen molar-refractivity contribution in [3.05, 3.63) is 29.8 Å². The van der Waals surface area contributed by atoms with Crippen molar-refractivity contribution in [3.63, 3.8) is 0 Å². The van der Waals surface area contributed by atoms with Crippen molar-refractivity contribution in [3.8, 4) is 5.75 Å². The minimum Gasteiger partial charge on any atom is -0.497 e. The van der Waals surface area contributed by atoms with E-state index in [9.17, 15) is 0 Å². The van der Waals surface area contributed by atoms with Crippen molar-refractivity contribution in [2.45, 2.75) is 18.9 Å². The molecule has 1 aromatic rings. The van der Waals surface area contributed by atoms with Crippen LogP contribution < -0.4 is 16.2 Å². The molecule has 0 aliphatic rings. The first-order chi connectivity index (χ1) is 6.77. The zero-order chi connectivity index (χ0) is 10.4. The summed E-state index contributed by atoms with van der Waals surface area (Å²) in [6, 6.07) is 7.94. The lowest BCUT2D eigenvalue weighted by Gasteiger charge is -2.11. The van der Waals surface area contributed by atoms with E-state index in [1.165, 1.54) is 0 Å². The van der Waals surface area contributed by atoms with Crippen LogP contribution in [0.15, 0.2) is 24.3 Å². The minimum absolute atomic E-state index is 0.0875. The number of nitrogens with two attached hydrogens (primary N) is 2. The monoisotopic (exact) mass is 194 g/mol. The molecule has 0 aliphatic heterocycles. The zero-order valence-electron chi connectivity index (χ0n) is 8.57. The summed E-state index contributed by atoms with van der Waals surface area (Å²) in [5.41, 5.74) is 12.5. The first-order valence-electron chi connectivity index (χ1n) is 4.87. The molecule has 0 saturated heterocycles. The van der Waals surface area contributed by atoms with E-state index in [0.29, 0.717) is 6.54 Å². The Morgan fingerprint density at radius 2 is 1.93 bits per heavy atom. The summed E-state index contributed by atoms with van der Waals surface area (Å²) in [5.74, 6) is 0.861. The van der Waals surface area contributed by atoms with Crippen molar-refractivity contribution >= 4 is 0 Å². The third kappa shape index (κ3) is 3.01. The van der Waals surface area contributed by atoms with Crippen LogP contribution in [-0.2, 0) is 0 Å². The van der Waals surface area contributed by atoms with Gasteiger partial charge >= 0.3 is 0 Å². The van der Waals surface area contributed by atoms with Gasteiger partial charge in [-0.25, -0.2) is 0 Å². The molecule has 0 aliphatic carbocycles. The fourth-order valence-electron chi connectivity index (χ4n) is 1.36. The molecule has 3 nitrogen and oxygen atoms in total. The van der Waals surface area contributed by atoms with E-state index < -0.39 is 0 Å². The third-order valence-electron chi connectivity index (χ3n) is 2.26. The quantitative estimate of drug-likeness (QED) is 0.745. The second-order valence-corrected chi connectivity index (χ2v) is 3.31. The van der Waals surface area contributed by atoms with Gasteiger partial charge in [-0.1, -0.05) is 12.1 Å². The van der Waals surface area contributed by atoms with Crippen molar-refractivity contribution in [2.24, 2.45) is 11.5 Å². The molecule has 1 aromatic carbocycles. The number of ether oxygens (including phenoxy) is 1. The molecule has 4 N–H and O–H groups in total. The SMILES string of the molecule is COc1ccc([C@@H](N)CCCN)cc1. The summed E-state index contributed by atoms with van der Waals surface area (Å²) < 4.78 is 5.07. The summed E-state index contributed by atoms with van der Waals surface area (Å²) in [4.78, 5) is 0. The van der Waals surface area contributed by atoms with Crippen molar-refractivity contribution in [1.82, 2.24) is 0 Å². The molecular weight excluding hydrogens is 176 g/mol. The van der Waals surface area contributed by atoms with Crippen LogP contribution in [0.25, 0.3) is 0 Å². The highest BCUT2D eigenvalue weighted by atomic mass is 16.5. The Bertz CT molecular complexity index is 258. The van der Waals surface area contributed by atoms with Crippen LogP contribution in [0.1, 0.15) is 24.4 Å². The second kappa shape index (κ2) is 5.62. The topological polar surface area (TPSA) is 61.3 Å². The van der Waals surface area contributed by atoms with Gasteiger partial charge in [0.1, 0.15) is 5.75 Å². The second-order valence-electron chi connectivity index (χ2n) is 3.31. The maximum Gasteiger partial charge on any atom is 0.118 e. The Hall–Kier alpha value is -1.06. The molecular formula is C11H18N2O. The number of benzene rings is 1. The molecule has 0 unspecified atom stereocenters. The average Bonchev–Trinajstić information content (AvgIpc) is 2.26. The number of rotatable bonds is 5. The summed E-state index contributed by atoms with van der Waals surface area (Å²) in [7, 11) is 1.66. The van der Waals surface area contributed by atoms with Gasteiger partial charge in [-0.15, -0.1) is 0 Å². The Morgan fingerprint density at radius 1 is 1.29 bits per heavy atom. The van der Waals surface area contributed by atoms with Crippen LogP contribution in [0, 0.1) is 0 Å². The maximum absolute atomic E-state index is 5.98. The molecule has 0 heterocycles. The smallest absolute Gasteiger partial charge is 0.118 e. The highest BCUT2D eigenvalue weighted by Gasteiger charge is 2.04. The lowest BCUT2D eigenvalue weighted by molar-refractivity contribution is 0.414. The van der Waals surface area contributed by atoms with Gasteiger partial charge in [0.25, 0.3) is 0 Å². The first-order valence-corrected chi connectivity index (χ1v) is 4.87. The van der Waals surface area contributed by atoms with Gasteiger partial charge in [-0.3, -0.25) is 0 Å². The van der Waals surface area contributed by atoms with Crippen LogP contribution in [0.2, 0.25) is 0 Å². The van der Waals surface area contributed by atoms with Crippen LogP contribution in [-0.4, -0.2) is 13.7 Å². The molecule has 78 valence electrons. The highest BCUT2D eigenvalue weighted by molar-refractivity contribution is 5.28. The van der Waals surface area contributed by atoms with Gasteiger partial charge in [0.05, 0.1) is 7.11 Å². The van der Waals surface area contributed by atoms with E-state index in [1.54, 1.807) is 7.11 Å². The van der Waals surface area contributed by atoms with Gasteiger partial charge < -0.3 is 16.2 Å². The first kappa shape index (κ1) is 11.0. The van der Waals surface area contributed by atoms with Gasteiger partial charge in [0, 0.05) is 6.04 Å². The van der Waals surface area contributed by atoms with Crippen molar-refractivity contribution in [2.75, 3.05) is 13.7 Å². The van der Waals surface area contributed by atoms with Crippen LogP contribution in [0.4, 0.5) is 0 Å².